The van der Waals surface area contributed by atoms with Gasteiger partial charge in [-0.1, -0.05) is 71.8 Å². The first kappa shape index (κ1) is 24.7. The fourth-order valence-electron chi connectivity index (χ4n) is 5.21. The zero-order chi connectivity index (χ0) is 26.1. The van der Waals surface area contributed by atoms with Crippen molar-refractivity contribution in [2.24, 2.45) is 5.92 Å². The topological polar surface area (TPSA) is 90.6 Å². The van der Waals surface area contributed by atoms with Crippen LogP contribution in [0.2, 0.25) is 0 Å². The second kappa shape index (κ2) is 10.2. The predicted molar refractivity (Wildman–Crippen MR) is 139 cm³/mol. The molecule has 1 amide bonds. The van der Waals surface area contributed by atoms with E-state index in [4.69, 9.17) is 10.00 Å². The molecular formula is C31H30N2O4. The Balaban J connectivity index is 1.61. The number of amides is 1. The SMILES string of the molecule is Cc1ccc(C2OC(Cc3ccc(C#N)cc3)C(=O)N(C(C(=O)O)C3CC3)C2c2ccc(C)cc2)cc1. The highest BCUT2D eigenvalue weighted by Gasteiger charge is 2.52. The van der Waals surface area contributed by atoms with Crippen LogP contribution in [-0.2, 0) is 20.7 Å². The summed E-state index contributed by atoms with van der Waals surface area (Å²) in [6.45, 7) is 4.01. The minimum absolute atomic E-state index is 0.0678. The molecule has 4 atom stereocenters. The molecule has 1 aliphatic heterocycles. The minimum atomic E-state index is -0.977. The molecule has 5 rings (SSSR count). The van der Waals surface area contributed by atoms with Crippen molar-refractivity contribution in [3.05, 3.63) is 106 Å². The molecule has 1 aliphatic carbocycles. The first-order valence-electron chi connectivity index (χ1n) is 12.7. The summed E-state index contributed by atoms with van der Waals surface area (Å²) in [4.78, 5) is 28.3. The number of nitrogens with zero attached hydrogens (tertiary/aromatic N) is 2. The van der Waals surface area contributed by atoms with Gasteiger partial charge in [0, 0.05) is 6.42 Å². The van der Waals surface area contributed by atoms with E-state index in [0.29, 0.717) is 12.0 Å². The van der Waals surface area contributed by atoms with Gasteiger partial charge in [0.25, 0.3) is 5.91 Å². The van der Waals surface area contributed by atoms with E-state index in [0.717, 1.165) is 40.7 Å². The Bertz CT molecular complexity index is 1320. The van der Waals surface area contributed by atoms with Gasteiger partial charge in [0.1, 0.15) is 18.2 Å². The number of nitriles is 1. The smallest absolute Gasteiger partial charge is 0.326 e. The molecule has 37 heavy (non-hydrogen) atoms. The number of hydrogen-bond acceptors (Lipinski definition) is 4. The van der Waals surface area contributed by atoms with Gasteiger partial charge in [-0.15, -0.1) is 0 Å². The molecule has 0 radical (unpaired) electrons. The first-order chi connectivity index (χ1) is 17.9. The van der Waals surface area contributed by atoms with Gasteiger partial charge in [-0.25, -0.2) is 4.79 Å². The van der Waals surface area contributed by atoms with Crippen LogP contribution in [0.4, 0.5) is 0 Å². The van der Waals surface area contributed by atoms with Crippen LogP contribution in [0.25, 0.3) is 0 Å². The lowest BCUT2D eigenvalue weighted by Gasteiger charge is -2.47. The Labute approximate surface area is 217 Å². The molecule has 188 valence electrons. The van der Waals surface area contributed by atoms with Crippen molar-refractivity contribution in [2.75, 3.05) is 0 Å². The third kappa shape index (κ3) is 5.14. The van der Waals surface area contributed by atoms with Gasteiger partial charge in [0.15, 0.2) is 0 Å². The van der Waals surface area contributed by atoms with Crippen LogP contribution < -0.4 is 0 Å². The van der Waals surface area contributed by atoms with Crippen LogP contribution in [0.5, 0.6) is 0 Å². The van der Waals surface area contributed by atoms with E-state index in [1.807, 2.05) is 74.5 Å². The molecule has 1 heterocycles. The fraction of sp³-hybridized carbons (Fsp3) is 0.323. The van der Waals surface area contributed by atoms with Gasteiger partial charge in [-0.2, -0.15) is 5.26 Å². The minimum Gasteiger partial charge on any atom is -0.480 e. The molecule has 4 unspecified atom stereocenters. The predicted octanol–water partition coefficient (Wildman–Crippen LogP) is 5.29. The highest BCUT2D eigenvalue weighted by Crippen LogP contribution is 2.47. The lowest BCUT2D eigenvalue weighted by Crippen LogP contribution is -2.58. The second-order valence-corrected chi connectivity index (χ2v) is 10.2. The van der Waals surface area contributed by atoms with Crippen molar-refractivity contribution < 1.29 is 19.4 Å². The van der Waals surface area contributed by atoms with Gasteiger partial charge >= 0.3 is 5.97 Å². The molecule has 0 bridgehead atoms. The highest BCUT2D eigenvalue weighted by atomic mass is 16.5. The van der Waals surface area contributed by atoms with E-state index in [1.165, 1.54) is 0 Å². The van der Waals surface area contributed by atoms with Crippen molar-refractivity contribution in [3.8, 4) is 6.07 Å². The Morgan fingerprint density at radius 1 is 0.973 bits per heavy atom. The lowest BCUT2D eigenvalue weighted by molar-refractivity contribution is -0.185. The fourth-order valence-corrected chi connectivity index (χ4v) is 5.21. The summed E-state index contributed by atoms with van der Waals surface area (Å²) in [6.07, 6.45) is 0.489. The molecular weight excluding hydrogens is 464 g/mol. The zero-order valence-electron chi connectivity index (χ0n) is 21.0. The van der Waals surface area contributed by atoms with Crippen molar-refractivity contribution >= 4 is 11.9 Å². The van der Waals surface area contributed by atoms with E-state index in [1.54, 1.807) is 17.0 Å². The summed E-state index contributed by atoms with van der Waals surface area (Å²) in [5, 5.41) is 19.5. The average Bonchev–Trinajstić information content (AvgIpc) is 3.73. The maximum absolute atomic E-state index is 14.1. The van der Waals surface area contributed by atoms with Gasteiger partial charge in [0.2, 0.25) is 0 Å². The molecule has 2 aliphatic rings. The number of benzene rings is 3. The Hall–Kier alpha value is -3.95. The quantitative estimate of drug-likeness (QED) is 0.482. The number of ether oxygens (including phenoxy) is 1. The summed E-state index contributed by atoms with van der Waals surface area (Å²) >= 11 is 0. The molecule has 1 saturated heterocycles. The van der Waals surface area contributed by atoms with Gasteiger partial charge in [0.05, 0.1) is 17.7 Å². The van der Waals surface area contributed by atoms with E-state index in [-0.39, 0.29) is 11.8 Å². The Morgan fingerprint density at radius 3 is 2.05 bits per heavy atom. The van der Waals surface area contributed by atoms with Crippen LogP contribution >= 0.6 is 0 Å². The van der Waals surface area contributed by atoms with E-state index in [2.05, 4.69) is 6.07 Å². The maximum Gasteiger partial charge on any atom is 0.326 e. The number of carboxylic acids is 1. The molecule has 1 N–H and O–H groups in total. The number of carbonyl (C=O) groups excluding carboxylic acids is 1. The van der Waals surface area contributed by atoms with Crippen LogP contribution in [-0.4, -0.2) is 34.0 Å². The summed E-state index contributed by atoms with van der Waals surface area (Å²) in [5.41, 5.74) is 5.34. The third-order valence-electron chi connectivity index (χ3n) is 7.38. The van der Waals surface area contributed by atoms with Crippen molar-refractivity contribution in [3.63, 3.8) is 0 Å². The number of carbonyl (C=O) groups is 2. The van der Waals surface area contributed by atoms with Gasteiger partial charge < -0.3 is 14.7 Å². The molecule has 6 heteroatoms. The van der Waals surface area contributed by atoms with E-state index >= 15 is 0 Å². The van der Waals surface area contributed by atoms with Crippen molar-refractivity contribution in [1.29, 1.82) is 5.26 Å². The molecule has 3 aromatic rings. The average molecular weight is 495 g/mol. The summed E-state index contributed by atoms with van der Waals surface area (Å²) in [7, 11) is 0. The summed E-state index contributed by atoms with van der Waals surface area (Å²) in [5.74, 6) is -1.35. The number of morpholine rings is 1. The summed E-state index contributed by atoms with van der Waals surface area (Å²) < 4.78 is 6.59. The monoisotopic (exact) mass is 494 g/mol. The van der Waals surface area contributed by atoms with Crippen molar-refractivity contribution in [1.82, 2.24) is 4.90 Å². The van der Waals surface area contributed by atoms with Crippen LogP contribution in [0.15, 0.2) is 72.8 Å². The molecule has 3 aromatic carbocycles. The van der Waals surface area contributed by atoms with E-state index in [9.17, 15) is 14.7 Å². The number of aliphatic carboxylic acids is 1. The van der Waals surface area contributed by atoms with Gasteiger partial charge in [-0.3, -0.25) is 4.79 Å². The van der Waals surface area contributed by atoms with Crippen molar-refractivity contribution in [2.45, 2.75) is 57.4 Å². The highest BCUT2D eigenvalue weighted by molar-refractivity contribution is 5.88. The van der Waals surface area contributed by atoms with Gasteiger partial charge in [-0.05, 0) is 61.4 Å². The van der Waals surface area contributed by atoms with E-state index < -0.39 is 30.3 Å². The molecule has 0 aromatic heterocycles. The third-order valence-corrected chi connectivity index (χ3v) is 7.38. The van der Waals surface area contributed by atoms with Crippen LogP contribution in [0.3, 0.4) is 0 Å². The lowest BCUT2D eigenvalue weighted by atomic mass is 9.88. The maximum atomic E-state index is 14.1. The number of aryl methyl sites for hydroxylation is 2. The second-order valence-electron chi connectivity index (χ2n) is 10.2. The zero-order valence-corrected chi connectivity index (χ0v) is 21.0. The van der Waals surface area contributed by atoms with Crippen LogP contribution in [0, 0.1) is 31.1 Å². The summed E-state index contributed by atoms with van der Waals surface area (Å²) in [6, 6.07) is 23.6. The number of rotatable bonds is 7. The standard InChI is InChI=1S/C31H30N2O4/c1-19-3-11-23(12-4-19)27-29(25-13-5-20(2)6-14-25)37-26(17-21-7-9-22(18-32)10-8-21)30(34)33(27)28(31(35)36)24-15-16-24/h3-14,24,26-29H,15-17H2,1-2H3,(H,35,36). The largest absolute Gasteiger partial charge is 0.480 e. The Kier molecular flexibility index (Phi) is 6.82. The van der Waals surface area contributed by atoms with Crippen LogP contribution in [0.1, 0.15) is 58.4 Å². The molecule has 2 fully saturated rings. The molecule has 6 nitrogen and oxygen atoms in total. The first-order valence-corrected chi connectivity index (χ1v) is 12.7. The Morgan fingerprint density at radius 2 is 1.54 bits per heavy atom. The molecule has 1 saturated carbocycles. The normalized spacial score (nSPS) is 22.4. The number of hydrogen-bond donors (Lipinski definition) is 1. The molecule has 0 spiro atoms. The number of carboxylic acid groups (broad SMARTS) is 1.